The molecular weight excluding hydrogens is 152 g/mol. The summed E-state index contributed by atoms with van der Waals surface area (Å²) in [4.78, 5) is 0. The average Bonchev–Trinajstić information content (AvgIpc) is 2.13. The Morgan fingerprint density at radius 2 is 1.92 bits per heavy atom. The van der Waals surface area contributed by atoms with Crippen LogP contribution in [-0.4, -0.2) is 23.9 Å². The lowest BCUT2D eigenvalue weighted by Gasteiger charge is -2.28. The summed E-state index contributed by atoms with van der Waals surface area (Å²) in [7, 11) is 1.53. The molecule has 1 atom stereocenters. The van der Waals surface area contributed by atoms with E-state index in [1.807, 2.05) is 0 Å². The molecule has 0 aliphatic carbocycles. The molecule has 0 aromatic carbocycles. The van der Waals surface area contributed by atoms with E-state index in [1.165, 1.54) is 19.3 Å². The zero-order valence-corrected chi connectivity index (χ0v) is 7.49. The smallest absolute Gasteiger partial charge is 0.127 e. The summed E-state index contributed by atoms with van der Waals surface area (Å²) in [5.41, 5.74) is -1.16. The Morgan fingerprint density at radius 1 is 1.42 bits per heavy atom. The Bertz CT molecular complexity index is 165. The highest BCUT2D eigenvalue weighted by Crippen LogP contribution is 2.19. The van der Waals surface area contributed by atoms with Crippen molar-refractivity contribution >= 4 is 0 Å². The Hall–Kier alpha value is -0.860. The van der Waals surface area contributed by atoms with Gasteiger partial charge in [0.1, 0.15) is 5.60 Å². The zero-order chi connectivity index (χ0) is 9.61. The van der Waals surface area contributed by atoms with E-state index in [-0.39, 0.29) is 6.10 Å². The molecule has 0 heterocycles. The molecule has 0 rings (SSSR count). The molecule has 0 aromatic heterocycles. The minimum Gasteiger partial charge on any atom is -0.379 e. The quantitative estimate of drug-likeness (QED) is 0.611. The second-order valence-corrected chi connectivity index (χ2v) is 2.54. The summed E-state index contributed by atoms with van der Waals surface area (Å²) in [5.74, 6) is 0. The van der Waals surface area contributed by atoms with E-state index >= 15 is 0 Å². The van der Waals surface area contributed by atoms with Gasteiger partial charge in [0.2, 0.25) is 0 Å². The molecule has 2 heteroatoms. The van der Waals surface area contributed by atoms with Crippen LogP contribution in [0.4, 0.5) is 0 Å². The van der Waals surface area contributed by atoms with Gasteiger partial charge in [-0.25, -0.2) is 0 Å². The molecule has 0 aliphatic rings. The molecule has 0 fully saturated rings. The Kier molecular flexibility index (Phi) is 4.55. The van der Waals surface area contributed by atoms with Crippen molar-refractivity contribution in [3.8, 4) is 0 Å². The maximum absolute atomic E-state index is 9.81. The third-order valence-corrected chi connectivity index (χ3v) is 1.84. The standard InChI is InChI=1S/C10H16O2/c1-5-8-9(12-4)10(11,6-2)7-3/h5-7,9,11H,1-3,8H2,4H3/t9-/m0/s1. The largest absolute Gasteiger partial charge is 0.379 e. The van der Waals surface area contributed by atoms with Crippen LogP contribution < -0.4 is 0 Å². The van der Waals surface area contributed by atoms with Crippen LogP contribution in [0.15, 0.2) is 38.0 Å². The molecule has 0 aliphatic heterocycles. The van der Waals surface area contributed by atoms with Crippen LogP contribution in [0.5, 0.6) is 0 Å². The fourth-order valence-corrected chi connectivity index (χ4v) is 0.971. The first kappa shape index (κ1) is 11.1. The van der Waals surface area contributed by atoms with Crippen molar-refractivity contribution < 1.29 is 9.84 Å². The van der Waals surface area contributed by atoms with Gasteiger partial charge in [-0.2, -0.15) is 0 Å². The molecular formula is C10H16O2. The van der Waals surface area contributed by atoms with E-state index < -0.39 is 5.60 Å². The maximum atomic E-state index is 9.81. The van der Waals surface area contributed by atoms with Crippen LogP contribution in [0.25, 0.3) is 0 Å². The van der Waals surface area contributed by atoms with Gasteiger partial charge in [-0.15, -0.1) is 6.58 Å². The molecule has 68 valence electrons. The maximum Gasteiger partial charge on any atom is 0.127 e. The molecule has 0 amide bonds. The van der Waals surface area contributed by atoms with Gasteiger partial charge in [0.05, 0.1) is 6.10 Å². The van der Waals surface area contributed by atoms with Crippen molar-refractivity contribution in [1.29, 1.82) is 0 Å². The first-order chi connectivity index (χ1) is 5.64. The van der Waals surface area contributed by atoms with Gasteiger partial charge in [0, 0.05) is 7.11 Å². The molecule has 12 heavy (non-hydrogen) atoms. The number of hydrogen-bond acceptors (Lipinski definition) is 2. The third-order valence-electron chi connectivity index (χ3n) is 1.84. The predicted molar refractivity (Wildman–Crippen MR) is 51.0 cm³/mol. The number of methoxy groups -OCH3 is 1. The fraction of sp³-hybridized carbons (Fsp3) is 0.400. The monoisotopic (exact) mass is 168 g/mol. The van der Waals surface area contributed by atoms with Gasteiger partial charge < -0.3 is 9.84 Å². The van der Waals surface area contributed by atoms with E-state index in [0.717, 1.165) is 0 Å². The van der Waals surface area contributed by atoms with Crippen LogP contribution >= 0.6 is 0 Å². The summed E-state index contributed by atoms with van der Waals surface area (Å²) in [6.45, 7) is 10.6. The molecule has 0 bridgehead atoms. The number of ether oxygens (including phenoxy) is 1. The van der Waals surface area contributed by atoms with Crippen molar-refractivity contribution in [3.63, 3.8) is 0 Å². The fourth-order valence-electron chi connectivity index (χ4n) is 0.971. The number of aliphatic hydroxyl groups is 1. The molecule has 0 saturated heterocycles. The van der Waals surface area contributed by atoms with E-state index in [0.29, 0.717) is 6.42 Å². The van der Waals surface area contributed by atoms with Crippen molar-refractivity contribution in [2.45, 2.75) is 18.1 Å². The summed E-state index contributed by atoms with van der Waals surface area (Å²) >= 11 is 0. The second-order valence-electron chi connectivity index (χ2n) is 2.54. The van der Waals surface area contributed by atoms with E-state index in [1.54, 1.807) is 6.08 Å². The minimum absolute atomic E-state index is 0.356. The Labute approximate surface area is 73.9 Å². The second kappa shape index (κ2) is 4.91. The van der Waals surface area contributed by atoms with E-state index in [2.05, 4.69) is 19.7 Å². The van der Waals surface area contributed by atoms with Gasteiger partial charge in [-0.1, -0.05) is 31.4 Å². The molecule has 1 N–H and O–H groups in total. The average molecular weight is 168 g/mol. The lowest BCUT2D eigenvalue weighted by Crippen LogP contribution is -2.39. The third kappa shape index (κ3) is 2.32. The first-order valence-electron chi connectivity index (χ1n) is 3.77. The summed E-state index contributed by atoms with van der Waals surface area (Å²) in [6.07, 6.45) is 4.72. The van der Waals surface area contributed by atoms with Crippen LogP contribution in [0, 0.1) is 0 Å². The molecule has 0 spiro atoms. The molecule has 0 saturated carbocycles. The summed E-state index contributed by atoms with van der Waals surface area (Å²) in [5, 5.41) is 9.81. The summed E-state index contributed by atoms with van der Waals surface area (Å²) in [6, 6.07) is 0. The highest BCUT2D eigenvalue weighted by molar-refractivity contribution is 5.13. The lowest BCUT2D eigenvalue weighted by molar-refractivity contribution is -0.0304. The predicted octanol–water partition coefficient (Wildman–Crippen LogP) is 1.68. The molecule has 2 nitrogen and oxygen atoms in total. The van der Waals surface area contributed by atoms with Gasteiger partial charge in [0.25, 0.3) is 0 Å². The van der Waals surface area contributed by atoms with Crippen molar-refractivity contribution in [2.24, 2.45) is 0 Å². The number of hydrogen-bond donors (Lipinski definition) is 1. The van der Waals surface area contributed by atoms with Gasteiger partial charge in [-0.3, -0.25) is 0 Å². The normalized spacial score (nSPS) is 13.5. The number of rotatable bonds is 6. The van der Waals surface area contributed by atoms with Gasteiger partial charge >= 0.3 is 0 Å². The van der Waals surface area contributed by atoms with Crippen LogP contribution in [-0.2, 0) is 4.74 Å². The van der Waals surface area contributed by atoms with E-state index in [9.17, 15) is 5.11 Å². The highest BCUT2D eigenvalue weighted by atomic mass is 16.5. The van der Waals surface area contributed by atoms with E-state index in [4.69, 9.17) is 4.74 Å². The Morgan fingerprint density at radius 3 is 2.17 bits per heavy atom. The first-order valence-corrected chi connectivity index (χ1v) is 3.77. The SMILES string of the molecule is C=CC[C@H](OC)C(O)(C=C)C=C. The van der Waals surface area contributed by atoms with Gasteiger partial charge in [-0.05, 0) is 6.42 Å². The highest BCUT2D eigenvalue weighted by Gasteiger charge is 2.29. The zero-order valence-electron chi connectivity index (χ0n) is 7.49. The van der Waals surface area contributed by atoms with Crippen LogP contribution in [0.3, 0.4) is 0 Å². The molecule has 0 aromatic rings. The minimum atomic E-state index is -1.16. The van der Waals surface area contributed by atoms with Gasteiger partial charge in [0.15, 0.2) is 0 Å². The summed E-state index contributed by atoms with van der Waals surface area (Å²) < 4.78 is 5.07. The van der Waals surface area contributed by atoms with Crippen LogP contribution in [0.2, 0.25) is 0 Å². The molecule has 0 radical (unpaired) electrons. The lowest BCUT2D eigenvalue weighted by atomic mass is 9.94. The Balaban J connectivity index is 4.52. The van der Waals surface area contributed by atoms with Crippen LogP contribution in [0.1, 0.15) is 6.42 Å². The topological polar surface area (TPSA) is 29.5 Å². The molecule has 0 unspecified atom stereocenters. The van der Waals surface area contributed by atoms with Crippen molar-refractivity contribution in [3.05, 3.63) is 38.0 Å². The van der Waals surface area contributed by atoms with Crippen molar-refractivity contribution in [2.75, 3.05) is 7.11 Å². The van der Waals surface area contributed by atoms with Crippen molar-refractivity contribution in [1.82, 2.24) is 0 Å².